The lowest BCUT2D eigenvalue weighted by atomic mass is 10.00. The number of methoxy groups -OCH3 is 1. The first-order valence-corrected chi connectivity index (χ1v) is 8.38. The summed E-state index contributed by atoms with van der Waals surface area (Å²) in [5.41, 5.74) is 11.7. The molecule has 4 N–H and O–H groups in total. The van der Waals surface area contributed by atoms with Gasteiger partial charge in [-0.25, -0.2) is 0 Å². The second-order valence-corrected chi connectivity index (χ2v) is 6.12. The number of hydrogen-bond donors (Lipinski definition) is 3. The van der Waals surface area contributed by atoms with Crippen LogP contribution in [0.1, 0.15) is 15.9 Å². The molecule has 5 heteroatoms. The standard InChI is InChI=1S/C21H19N3O2/c1-26-20-11-14(6-7-15(20)12-22)13-8-9-16-19(10-13)23-17-4-2-3-5-18(17)24-21(16)25/h2-11,23H,12,22H2,1H3,(H,24,25). The lowest BCUT2D eigenvalue weighted by Crippen LogP contribution is -2.10. The minimum atomic E-state index is -0.125. The van der Waals surface area contributed by atoms with E-state index in [0.717, 1.165) is 39.5 Å². The molecule has 0 spiro atoms. The Morgan fingerprint density at radius 1 is 0.885 bits per heavy atom. The van der Waals surface area contributed by atoms with Crippen molar-refractivity contribution in [2.45, 2.75) is 6.54 Å². The quantitative estimate of drug-likeness (QED) is 0.667. The highest BCUT2D eigenvalue weighted by Crippen LogP contribution is 2.35. The van der Waals surface area contributed by atoms with Crippen LogP contribution >= 0.6 is 0 Å². The third-order valence-electron chi connectivity index (χ3n) is 4.55. The van der Waals surface area contributed by atoms with Crippen LogP contribution in [-0.4, -0.2) is 13.0 Å². The number of hydrogen-bond acceptors (Lipinski definition) is 4. The van der Waals surface area contributed by atoms with Crippen LogP contribution in [0.2, 0.25) is 0 Å². The van der Waals surface area contributed by atoms with Crippen molar-refractivity contribution in [3.05, 3.63) is 71.8 Å². The molecule has 1 heterocycles. The van der Waals surface area contributed by atoms with Gasteiger partial charge < -0.3 is 21.1 Å². The zero-order valence-corrected chi connectivity index (χ0v) is 14.4. The van der Waals surface area contributed by atoms with Gasteiger partial charge in [0.2, 0.25) is 0 Å². The van der Waals surface area contributed by atoms with Crippen molar-refractivity contribution in [3.63, 3.8) is 0 Å². The Bertz CT molecular complexity index is 998. The van der Waals surface area contributed by atoms with E-state index < -0.39 is 0 Å². The highest BCUT2D eigenvalue weighted by molar-refractivity contribution is 6.12. The van der Waals surface area contributed by atoms with Crippen molar-refractivity contribution in [2.24, 2.45) is 5.73 Å². The molecular weight excluding hydrogens is 326 g/mol. The van der Waals surface area contributed by atoms with Crippen molar-refractivity contribution < 1.29 is 9.53 Å². The van der Waals surface area contributed by atoms with E-state index in [1.165, 1.54) is 0 Å². The Hall–Kier alpha value is -3.31. The van der Waals surface area contributed by atoms with Gasteiger partial charge in [-0.1, -0.05) is 30.3 Å². The van der Waals surface area contributed by atoms with Crippen LogP contribution in [-0.2, 0) is 6.54 Å². The molecule has 130 valence electrons. The summed E-state index contributed by atoms with van der Waals surface area (Å²) in [6.07, 6.45) is 0. The SMILES string of the molecule is COc1cc(-c2ccc3c(c2)Nc2ccccc2NC3=O)ccc1CN. The predicted molar refractivity (Wildman–Crippen MR) is 104 cm³/mol. The fraction of sp³-hybridized carbons (Fsp3) is 0.0952. The van der Waals surface area contributed by atoms with Crippen LogP contribution in [0.4, 0.5) is 17.1 Å². The minimum absolute atomic E-state index is 0.125. The van der Waals surface area contributed by atoms with Crippen LogP contribution in [0.5, 0.6) is 5.75 Å². The fourth-order valence-electron chi connectivity index (χ4n) is 3.15. The molecule has 4 rings (SSSR count). The number of anilines is 3. The predicted octanol–water partition coefficient (Wildman–Crippen LogP) is 4.13. The van der Waals surface area contributed by atoms with Crippen molar-refractivity contribution in [1.29, 1.82) is 0 Å². The van der Waals surface area contributed by atoms with Gasteiger partial charge in [-0.2, -0.15) is 0 Å². The lowest BCUT2D eigenvalue weighted by Gasteiger charge is -2.12. The fourth-order valence-corrected chi connectivity index (χ4v) is 3.15. The second kappa shape index (κ2) is 6.54. The van der Waals surface area contributed by atoms with Crippen molar-refractivity contribution in [1.82, 2.24) is 0 Å². The van der Waals surface area contributed by atoms with Gasteiger partial charge in [-0.15, -0.1) is 0 Å². The zero-order chi connectivity index (χ0) is 18.1. The first kappa shape index (κ1) is 16.2. The summed E-state index contributed by atoms with van der Waals surface area (Å²) in [6.45, 7) is 0.423. The molecule has 0 aromatic heterocycles. The van der Waals surface area contributed by atoms with Gasteiger partial charge in [0.1, 0.15) is 5.75 Å². The largest absolute Gasteiger partial charge is 0.496 e. The van der Waals surface area contributed by atoms with Gasteiger partial charge in [-0.3, -0.25) is 4.79 Å². The van der Waals surface area contributed by atoms with Crippen LogP contribution in [0.3, 0.4) is 0 Å². The monoisotopic (exact) mass is 345 g/mol. The number of carbonyl (C=O) groups excluding carboxylic acids is 1. The average molecular weight is 345 g/mol. The van der Waals surface area contributed by atoms with E-state index in [1.54, 1.807) is 7.11 Å². The van der Waals surface area contributed by atoms with Crippen LogP contribution in [0, 0.1) is 0 Å². The molecule has 0 bridgehead atoms. The Kier molecular flexibility index (Phi) is 4.07. The first-order chi connectivity index (χ1) is 12.7. The number of carbonyl (C=O) groups is 1. The maximum absolute atomic E-state index is 12.5. The minimum Gasteiger partial charge on any atom is -0.496 e. The third-order valence-corrected chi connectivity index (χ3v) is 4.55. The number of rotatable bonds is 3. The molecule has 3 aromatic carbocycles. The van der Waals surface area contributed by atoms with Crippen LogP contribution in [0.15, 0.2) is 60.7 Å². The second-order valence-electron chi connectivity index (χ2n) is 6.12. The topological polar surface area (TPSA) is 76.4 Å². The highest BCUT2D eigenvalue weighted by Gasteiger charge is 2.19. The molecule has 0 saturated heterocycles. The summed E-state index contributed by atoms with van der Waals surface area (Å²) in [5, 5.41) is 6.30. The van der Waals surface area contributed by atoms with Crippen molar-refractivity contribution >= 4 is 23.0 Å². The van der Waals surface area contributed by atoms with Gasteiger partial charge in [0.25, 0.3) is 5.91 Å². The number of benzene rings is 3. The number of amides is 1. The summed E-state index contributed by atoms with van der Waals surface area (Å²) in [5.74, 6) is 0.635. The number of fused-ring (bicyclic) bond motifs is 2. The van der Waals surface area contributed by atoms with Crippen molar-refractivity contribution in [3.8, 4) is 16.9 Å². The summed E-state index contributed by atoms with van der Waals surface area (Å²) >= 11 is 0. The van der Waals surface area contributed by atoms with E-state index in [1.807, 2.05) is 60.7 Å². The molecule has 0 unspecified atom stereocenters. The normalized spacial score (nSPS) is 12.3. The van der Waals surface area contributed by atoms with E-state index in [-0.39, 0.29) is 5.91 Å². The molecule has 0 saturated carbocycles. The number of ether oxygens (including phenoxy) is 1. The van der Waals surface area contributed by atoms with E-state index >= 15 is 0 Å². The van der Waals surface area contributed by atoms with E-state index in [2.05, 4.69) is 10.6 Å². The average Bonchev–Trinajstić information content (AvgIpc) is 2.82. The molecule has 26 heavy (non-hydrogen) atoms. The first-order valence-electron chi connectivity index (χ1n) is 8.38. The zero-order valence-electron chi connectivity index (χ0n) is 14.4. The Balaban J connectivity index is 1.79. The maximum atomic E-state index is 12.5. The molecule has 0 radical (unpaired) electrons. The Morgan fingerprint density at radius 3 is 2.31 bits per heavy atom. The molecule has 5 nitrogen and oxygen atoms in total. The molecule has 0 aliphatic carbocycles. The van der Waals surface area contributed by atoms with Gasteiger partial charge in [0, 0.05) is 12.1 Å². The van der Waals surface area contributed by atoms with Crippen LogP contribution < -0.4 is 21.1 Å². The van der Waals surface area contributed by atoms with Gasteiger partial charge in [-0.05, 0) is 41.5 Å². The maximum Gasteiger partial charge on any atom is 0.257 e. The van der Waals surface area contributed by atoms with E-state index in [9.17, 15) is 4.79 Å². The summed E-state index contributed by atoms with van der Waals surface area (Å²) in [6, 6.07) is 19.3. The smallest absolute Gasteiger partial charge is 0.257 e. The lowest BCUT2D eigenvalue weighted by molar-refractivity contribution is 0.102. The number of para-hydroxylation sites is 2. The van der Waals surface area contributed by atoms with Gasteiger partial charge in [0.05, 0.1) is 29.7 Å². The molecule has 1 aliphatic rings. The summed E-state index contributed by atoms with van der Waals surface area (Å²) in [4.78, 5) is 12.5. The summed E-state index contributed by atoms with van der Waals surface area (Å²) < 4.78 is 5.43. The molecule has 0 atom stereocenters. The number of nitrogens with two attached hydrogens (primary N) is 1. The Morgan fingerprint density at radius 2 is 1.58 bits per heavy atom. The summed E-state index contributed by atoms with van der Waals surface area (Å²) in [7, 11) is 1.64. The molecule has 1 aliphatic heterocycles. The number of nitrogens with one attached hydrogen (secondary N) is 2. The molecule has 3 aromatic rings. The van der Waals surface area contributed by atoms with Gasteiger partial charge in [0.15, 0.2) is 0 Å². The van der Waals surface area contributed by atoms with E-state index in [0.29, 0.717) is 12.1 Å². The van der Waals surface area contributed by atoms with Gasteiger partial charge >= 0.3 is 0 Å². The Labute approximate surface area is 151 Å². The van der Waals surface area contributed by atoms with Crippen LogP contribution in [0.25, 0.3) is 11.1 Å². The highest BCUT2D eigenvalue weighted by atomic mass is 16.5. The molecular formula is C21H19N3O2. The third kappa shape index (κ3) is 2.78. The van der Waals surface area contributed by atoms with E-state index in [4.69, 9.17) is 10.5 Å². The van der Waals surface area contributed by atoms with Crippen molar-refractivity contribution in [2.75, 3.05) is 17.7 Å². The molecule has 0 fully saturated rings. The molecule has 1 amide bonds.